The van der Waals surface area contributed by atoms with E-state index in [1.807, 2.05) is 24.3 Å². The zero-order valence-electron chi connectivity index (χ0n) is 9.34. The lowest BCUT2D eigenvalue weighted by molar-refractivity contribution is 0.0703. The quantitative estimate of drug-likeness (QED) is 0.309. The highest BCUT2D eigenvalue weighted by Crippen LogP contribution is 2.12. The Morgan fingerprint density at radius 2 is 2.24 bits per heavy atom. The first-order chi connectivity index (χ1) is 8.11. The molecule has 6 nitrogen and oxygen atoms in total. The molecule has 0 saturated carbocycles. The maximum Gasteiger partial charge on any atom is 0.220 e. The van der Waals surface area contributed by atoms with Gasteiger partial charge in [0.1, 0.15) is 5.75 Å². The molecule has 1 aromatic rings. The molecule has 0 saturated heterocycles. The number of guanidine groups is 1. The lowest BCUT2D eigenvalue weighted by Gasteiger charge is -2.07. The van der Waals surface area contributed by atoms with Gasteiger partial charge in [0, 0.05) is 0 Å². The molecule has 0 amide bonds. The number of ether oxygens (including phenoxy) is 1. The number of benzene rings is 1. The van der Waals surface area contributed by atoms with Gasteiger partial charge in [0.05, 0.1) is 13.7 Å². The van der Waals surface area contributed by atoms with Gasteiger partial charge in [-0.1, -0.05) is 12.1 Å². The van der Waals surface area contributed by atoms with Gasteiger partial charge in [-0.3, -0.25) is 4.84 Å². The second kappa shape index (κ2) is 6.66. The molecule has 0 atom stereocenters. The Balaban J connectivity index is 2.43. The summed E-state index contributed by atoms with van der Waals surface area (Å²) in [6.07, 6.45) is 0. The molecule has 0 unspecified atom stereocenters. The summed E-state index contributed by atoms with van der Waals surface area (Å²) in [5.41, 5.74) is 13.9. The van der Waals surface area contributed by atoms with Crippen molar-refractivity contribution < 1.29 is 9.57 Å². The average Bonchev–Trinajstić information content (AvgIpc) is 2.28. The van der Waals surface area contributed by atoms with Crippen molar-refractivity contribution in [1.82, 2.24) is 5.48 Å². The van der Waals surface area contributed by atoms with Crippen LogP contribution in [0.15, 0.2) is 29.3 Å². The Bertz CT molecular complexity index is 423. The van der Waals surface area contributed by atoms with Gasteiger partial charge >= 0.3 is 0 Å². The van der Waals surface area contributed by atoms with Gasteiger partial charge in [-0.25, -0.2) is 5.48 Å². The third-order valence-corrected chi connectivity index (χ3v) is 1.87. The Morgan fingerprint density at radius 1 is 1.47 bits per heavy atom. The van der Waals surface area contributed by atoms with Crippen molar-refractivity contribution in [1.29, 1.82) is 0 Å². The highest BCUT2D eigenvalue weighted by molar-refractivity contribution is 7.80. The van der Waals surface area contributed by atoms with Crippen molar-refractivity contribution in [2.24, 2.45) is 16.5 Å². The van der Waals surface area contributed by atoms with E-state index in [1.54, 1.807) is 7.11 Å². The summed E-state index contributed by atoms with van der Waals surface area (Å²) in [7, 11) is 1.60. The largest absolute Gasteiger partial charge is 0.497 e. The molecule has 0 radical (unpaired) electrons. The minimum Gasteiger partial charge on any atom is -0.497 e. The van der Waals surface area contributed by atoms with Crippen LogP contribution in [0, 0.1) is 0 Å². The van der Waals surface area contributed by atoms with E-state index in [0.717, 1.165) is 11.3 Å². The first-order valence-corrected chi connectivity index (χ1v) is 5.17. The van der Waals surface area contributed by atoms with Crippen molar-refractivity contribution in [3.63, 3.8) is 0 Å². The summed E-state index contributed by atoms with van der Waals surface area (Å²) >= 11 is 4.55. The fourth-order valence-corrected chi connectivity index (χ4v) is 1.20. The van der Waals surface area contributed by atoms with Gasteiger partial charge in [0.15, 0.2) is 5.11 Å². The van der Waals surface area contributed by atoms with Crippen molar-refractivity contribution in [2.45, 2.75) is 6.61 Å². The van der Waals surface area contributed by atoms with E-state index >= 15 is 0 Å². The summed E-state index contributed by atoms with van der Waals surface area (Å²) in [6.45, 7) is 0.310. The summed E-state index contributed by atoms with van der Waals surface area (Å²) in [6, 6.07) is 7.46. The van der Waals surface area contributed by atoms with E-state index in [-0.39, 0.29) is 11.1 Å². The molecule has 0 aliphatic carbocycles. The van der Waals surface area contributed by atoms with Crippen LogP contribution in [0.3, 0.4) is 0 Å². The topological polar surface area (TPSA) is 94.9 Å². The molecule has 0 spiro atoms. The first-order valence-electron chi connectivity index (χ1n) is 4.76. The average molecular weight is 254 g/mol. The number of methoxy groups -OCH3 is 1. The number of aliphatic imine (C=N–C) groups is 1. The molecular weight excluding hydrogens is 240 g/mol. The number of hydroxylamine groups is 1. The first kappa shape index (κ1) is 13.2. The summed E-state index contributed by atoms with van der Waals surface area (Å²) in [4.78, 5) is 8.69. The summed E-state index contributed by atoms with van der Waals surface area (Å²) in [5.74, 6) is 0.774. The predicted molar refractivity (Wildman–Crippen MR) is 69.3 cm³/mol. The van der Waals surface area contributed by atoms with E-state index in [4.69, 9.17) is 21.0 Å². The molecule has 0 bridgehead atoms. The zero-order valence-corrected chi connectivity index (χ0v) is 10.2. The van der Waals surface area contributed by atoms with E-state index in [0.29, 0.717) is 6.61 Å². The molecule has 0 aliphatic heterocycles. The van der Waals surface area contributed by atoms with Crippen LogP contribution in [0.1, 0.15) is 5.56 Å². The van der Waals surface area contributed by atoms with Gasteiger partial charge in [0.2, 0.25) is 5.96 Å². The number of hydrogen-bond acceptors (Lipinski definition) is 3. The van der Waals surface area contributed by atoms with Crippen LogP contribution in [0.4, 0.5) is 0 Å². The van der Waals surface area contributed by atoms with Gasteiger partial charge < -0.3 is 16.2 Å². The molecular formula is C10H14N4O2S. The van der Waals surface area contributed by atoms with Crippen LogP contribution in [0.2, 0.25) is 0 Å². The number of thiocarbonyl (C=S) groups is 1. The van der Waals surface area contributed by atoms with Crippen LogP contribution >= 0.6 is 12.2 Å². The fourth-order valence-electron chi connectivity index (χ4n) is 1.10. The van der Waals surface area contributed by atoms with Gasteiger partial charge in [-0.05, 0) is 29.9 Å². The number of nitrogens with one attached hydrogen (secondary N) is 1. The van der Waals surface area contributed by atoms with Crippen LogP contribution in [-0.2, 0) is 11.4 Å². The number of nitrogens with two attached hydrogens (primary N) is 2. The maximum absolute atomic E-state index is 5.42. The molecule has 1 rings (SSSR count). The normalized spacial score (nSPS) is 11.0. The number of rotatable bonds is 4. The van der Waals surface area contributed by atoms with Gasteiger partial charge in [-0.15, -0.1) is 0 Å². The number of nitrogens with zero attached hydrogens (tertiary/aromatic N) is 1. The Labute approximate surface area is 105 Å². The Hall–Kier alpha value is -1.86. The minimum absolute atomic E-state index is 0.0143. The van der Waals surface area contributed by atoms with Crippen molar-refractivity contribution in [2.75, 3.05) is 7.11 Å². The molecule has 1 aromatic carbocycles. The molecule has 0 fully saturated rings. The monoisotopic (exact) mass is 254 g/mol. The standard InChI is InChI=1S/C10H14N4O2S/c1-15-8-4-2-3-7(5-8)6-16-14-9(11)13-10(12)17/h2-5H,6H2,1H3,(H5,11,12,13,14,17). The molecule has 0 aliphatic rings. The summed E-state index contributed by atoms with van der Waals surface area (Å²) in [5, 5.41) is -0.0556. The van der Waals surface area contributed by atoms with Crippen molar-refractivity contribution in [3.8, 4) is 5.75 Å². The minimum atomic E-state index is -0.0556. The van der Waals surface area contributed by atoms with E-state index in [1.165, 1.54) is 0 Å². The zero-order chi connectivity index (χ0) is 12.7. The van der Waals surface area contributed by atoms with E-state index in [9.17, 15) is 0 Å². The molecule has 5 N–H and O–H groups in total. The van der Waals surface area contributed by atoms with E-state index in [2.05, 4.69) is 22.7 Å². The second-order valence-corrected chi connectivity index (χ2v) is 3.50. The van der Waals surface area contributed by atoms with Crippen LogP contribution < -0.4 is 21.7 Å². The number of hydrogen-bond donors (Lipinski definition) is 3. The highest BCUT2D eigenvalue weighted by atomic mass is 32.1. The van der Waals surface area contributed by atoms with E-state index < -0.39 is 0 Å². The highest BCUT2D eigenvalue weighted by Gasteiger charge is 1.97. The smallest absolute Gasteiger partial charge is 0.220 e. The van der Waals surface area contributed by atoms with Gasteiger partial charge in [-0.2, -0.15) is 4.99 Å². The Morgan fingerprint density at radius 3 is 2.88 bits per heavy atom. The van der Waals surface area contributed by atoms with Crippen molar-refractivity contribution in [3.05, 3.63) is 29.8 Å². The van der Waals surface area contributed by atoms with Gasteiger partial charge in [0.25, 0.3) is 0 Å². The fraction of sp³-hybridized carbons (Fsp3) is 0.200. The third-order valence-electron chi connectivity index (χ3n) is 1.78. The molecule has 7 heteroatoms. The summed E-state index contributed by atoms with van der Waals surface area (Å²) < 4.78 is 5.08. The predicted octanol–water partition coefficient (Wildman–Crippen LogP) is 0.275. The SMILES string of the molecule is COc1cccc(CON/C(N)=N/C(N)=S)c1. The molecule has 92 valence electrons. The lowest BCUT2D eigenvalue weighted by atomic mass is 10.2. The van der Waals surface area contributed by atoms with Crippen LogP contribution in [-0.4, -0.2) is 18.2 Å². The second-order valence-electron chi connectivity index (χ2n) is 3.08. The lowest BCUT2D eigenvalue weighted by Crippen LogP contribution is -2.33. The third kappa shape index (κ3) is 5.14. The van der Waals surface area contributed by atoms with Crippen LogP contribution in [0.5, 0.6) is 5.75 Å². The maximum atomic E-state index is 5.42. The van der Waals surface area contributed by atoms with Crippen molar-refractivity contribution >= 4 is 23.3 Å². The molecule has 17 heavy (non-hydrogen) atoms. The Kier molecular flexibility index (Phi) is 5.18. The van der Waals surface area contributed by atoms with Crippen LogP contribution in [0.25, 0.3) is 0 Å². The molecule has 0 heterocycles. The molecule has 0 aromatic heterocycles.